The van der Waals surface area contributed by atoms with Crippen LogP contribution in [0, 0.1) is 5.92 Å². The van der Waals surface area contributed by atoms with Crippen LogP contribution in [-0.2, 0) is 16.1 Å². The van der Waals surface area contributed by atoms with Gasteiger partial charge in [-0.05, 0) is 53.2 Å². The number of aryl methyl sites for hydroxylation is 1. The fourth-order valence-corrected chi connectivity index (χ4v) is 6.49. The number of carbonyl (C=O) groups is 2. The summed E-state index contributed by atoms with van der Waals surface area (Å²) in [7, 11) is 0. The second kappa shape index (κ2) is 11.5. The molecule has 0 atom stereocenters. The number of anilines is 1. The van der Waals surface area contributed by atoms with Crippen molar-refractivity contribution in [3.05, 3.63) is 22.9 Å². The highest BCUT2D eigenvalue weighted by Gasteiger charge is 2.25. The van der Waals surface area contributed by atoms with Crippen molar-refractivity contribution in [2.75, 3.05) is 37.8 Å². The lowest BCUT2D eigenvalue weighted by Crippen LogP contribution is -2.39. The molecule has 5 rings (SSSR count). The third kappa shape index (κ3) is 5.99. The first-order valence-electron chi connectivity index (χ1n) is 12.0. The van der Waals surface area contributed by atoms with E-state index in [0.29, 0.717) is 55.0 Å². The van der Waals surface area contributed by atoms with Crippen molar-refractivity contribution in [1.29, 1.82) is 0 Å². The van der Waals surface area contributed by atoms with Gasteiger partial charge in [0.1, 0.15) is 19.5 Å². The first kappa shape index (κ1) is 26.1. The molecule has 1 saturated heterocycles. The summed E-state index contributed by atoms with van der Waals surface area (Å²) >= 11 is 6.24. The van der Waals surface area contributed by atoms with E-state index in [9.17, 15) is 9.59 Å². The molecule has 37 heavy (non-hydrogen) atoms. The van der Waals surface area contributed by atoms with Crippen LogP contribution in [0.3, 0.4) is 0 Å². The summed E-state index contributed by atoms with van der Waals surface area (Å²) in [6.45, 7) is 4.69. The van der Waals surface area contributed by atoms with Crippen molar-refractivity contribution in [2.24, 2.45) is 5.92 Å². The highest BCUT2D eigenvalue weighted by molar-refractivity contribution is 9.10. The zero-order valence-electron chi connectivity index (χ0n) is 20.3. The van der Waals surface area contributed by atoms with E-state index in [1.807, 2.05) is 17.0 Å². The largest absolute Gasteiger partial charge is 0.486 e. The SMILES string of the molecule is CC(=O)SCC(=O)N1CCC(CCn2c(Sc3cc4c(cc3Br)OCCO4)nc3c(N)ncnc32)CC1. The van der Waals surface area contributed by atoms with Crippen LogP contribution in [0.25, 0.3) is 11.2 Å². The van der Waals surface area contributed by atoms with Crippen LogP contribution in [-0.4, -0.2) is 67.5 Å². The van der Waals surface area contributed by atoms with Crippen molar-refractivity contribution in [1.82, 2.24) is 24.4 Å². The average molecular weight is 608 g/mol. The molecule has 2 N–H and O–H groups in total. The fraction of sp³-hybridized carbons (Fsp3) is 0.458. The number of aromatic nitrogens is 4. The molecule has 1 fully saturated rings. The fourth-order valence-electron chi connectivity index (χ4n) is 4.47. The molecule has 2 aliphatic heterocycles. The Morgan fingerprint density at radius 2 is 1.89 bits per heavy atom. The molecule has 1 amide bonds. The minimum atomic E-state index is -0.0304. The molecular formula is C24H27BrN6O4S2. The van der Waals surface area contributed by atoms with Gasteiger partial charge in [0, 0.05) is 35.9 Å². The van der Waals surface area contributed by atoms with E-state index in [4.69, 9.17) is 20.2 Å². The van der Waals surface area contributed by atoms with E-state index in [2.05, 4.69) is 30.5 Å². The molecule has 0 bridgehead atoms. The lowest BCUT2D eigenvalue weighted by molar-refractivity contribution is -0.129. The minimum absolute atomic E-state index is 0.0304. The molecule has 4 heterocycles. The van der Waals surface area contributed by atoms with Gasteiger partial charge in [-0.1, -0.05) is 23.5 Å². The maximum absolute atomic E-state index is 12.4. The summed E-state index contributed by atoms with van der Waals surface area (Å²) < 4.78 is 14.4. The Morgan fingerprint density at radius 3 is 2.62 bits per heavy atom. The number of fused-ring (bicyclic) bond motifs is 2. The lowest BCUT2D eigenvalue weighted by Gasteiger charge is -2.32. The number of hydrogen-bond donors (Lipinski definition) is 1. The number of rotatable bonds is 7. The van der Waals surface area contributed by atoms with E-state index < -0.39 is 0 Å². The second-order valence-electron chi connectivity index (χ2n) is 8.90. The Bertz CT molecular complexity index is 1330. The van der Waals surface area contributed by atoms with Crippen molar-refractivity contribution in [3.63, 3.8) is 0 Å². The summed E-state index contributed by atoms with van der Waals surface area (Å²) in [4.78, 5) is 39.7. The number of nitrogen functional groups attached to an aromatic ring is 1. The van der Waals surface area contributed by atoms with Gasteiger partial charge in [-0.3, -0.25) is 9.59 Å². The average Bonchev–Trinajstić information content (AvgIpc) is 3.25. The Labute approximate surface area is 231 Å². The Hall–Kier alpha value is -2.51. The van der Waals surface area contributed by atoms with E-state index in [1.54, 1.807) is 0 Å². The van der Waals surface area contributed by atoms with Gasteiger partial charge in [-0.2, -0.15) is 0 Å². The van der Waals surface area contributed by atoms with Gasteiger partial charge in [0.25, 0.3) is 0 Å². The van der Waals surface area contributed by atoms with Gasteiger partial charge in [0.2, 0.25) is 5.91 Å². The van der Waals surface area contributed by atoms with Crippen molar-refractivity contribution >= 4 is 67.5 Å². The number of hydrogen-bond acceptors (Lipinski definition) is 10. The molecule has 10 nitrogen and oxygen atoms in total. The Kier molecular flexibility index (Phi) is 8.10. The highest BCUT2D eigenvalue weighted by atomic mass is 79.9. The van der Waals surface area contributed by atoms with Crippen LogP contribution < -0.4 is 15.2 Å². The number of thioether (sulfide) groups is 1. The van der Waals surface area contributed by atoms with Gasteiger partial charge >= 0.3 is 0 Å². The summed E-state index contributed by atoms with van der Waals surface area (Å²) in [6, 6.07) is 3.88. The lowest BCUT2D eigenvalue weighted by atomic mass is 9.93. The normalized spacial score (nSPS) is 15.8. The molecule has 0 saturated carbocycles. The van der Waals surface area contributed by atoms with E-state index in [1.165, 1.54) is 25.0 Å². The number of piperidine rings is 1. The van der Waals surface area contributed by atoms with E-state index >= 15 is 0 Å². The summed E-state index contributed by atoms with van der Waals surface area (Å²) in [5, 5.41) is 0.741. The standard InChI is InChI=1S/C24H27BrN6O4S2/c1-14(32)36-12-20(33)30-5-2-15(3-6-30)4-7-31-23-21(22(26)27-13-28-23)29-24(31)37-19-11-18-17(10-16(19)25)34-8-9-35-18/h10-11,13,15H,2-9,12H2,1H3,(H2,26,27,28). The quantitative estimate of drug-likeness (QED) is 0.421. The number of amides is 1. The molecule has 2 aromatic heterocycles. The summed E-state index contributed by atoms with van der Waals surface area (Å²) in [6.07, 6.45) is 4.25. The van der Waals surface area contributed by atoms with E-state index in [0.717, 1.165) is 57.8 Å². The summed E-state index contributed by atoms with van der Waals surface area (Å²) in [5.74, 6) is 2.51. The predicted octanol–water partition coefficient (Wildman–Crippen LogP) is 4.00. The van der Waals surface area contributed by atoms with Crippen molar-refractivity contribution in [2.45, 2.75) is 42.8 Å². The molecule has 1 aromatic carbocycles. The third-order valence-corrected chi connectivity index (χ3v) is 9.22. The highest BCUT2D eigenvalue weighted by Crippen LogP contribution is 2.42. The van der Waals surface area contributed by atoms with Gasteiger partial charge < -0.3 is 24.7 Å². The number of benzene rings is 1. The number of nitrogens with two attached hydrogens (primary N) is 1. The zero-order valence-corrected chi connectivity index (χ0v) is 23.5. The van der Waals surface area contributed by atoms with Gasteiger partial charge in [0.15, 0.2) is 38.8 Å². The molecule has 0 radical (unpaired) electrons. The van der Waals surface area contributed by atoms with Crippen LogP contribution in [0.1, 0.15) is 26.2 Å². The molecule has 13 heteroatoms. The van der Waals surface area contributed by atoms with Crippen LogP contribution in [0.4, 0.5) is 5.82 Å². The first-order valence-corrected chi connectivity index (χ1v) is 14.6. The molecular weight excluding hydrogens is 580 g/mol. The number of halogens is 1. The smallest absolute Gasteiger partial charge is 0.233 e. The predicted molar refractivity (Wildman–Crippen MR) is 146 cm³/mol. The maximum atomic E-state index is 12.4. The molecule has 3 aromatic rings. The van der Waals surface area contributed by atoms with Gasteiger partial charge in [-0.15, -0.1) is 0 Å². The summed E-state index contributed by atoms with van der Waals surface area (Å²) in [5.41, 5.74) is 7.43. The van der Waals surface area contributed by atoms with Gasteiger partial charge in [0.05, 0.1) is 5.75 Å². The molecule has 0 unspecified atom stereocenters. The number of likely N-dealkylation sites (tertiary alicyclic amines) is 1. The number of ether oxygens (including phenoxy) is 2. The Morgan fingerprint density at radius 1 is 1.16 bits per heavy atom. The number of nitrogens with zero attached hydrogens (tertiary/aromatic N) is 5. The van der Waals surface area contributed by atoms with Crippen LogP contribution in [0.15, 0.2) is 33.0 Å². The van der Waals surface area contributed by atoms with Gasteiger partial charge in [-0.25, -0.2) is 15.0 Å². The molecule has 0 aliphatic carbocycles. The molecule has 2 aliphatic rings. The minimum Gasteiger partial charge on any atom is -0.486 e. The first-order chi connectivity index (χ1) is 17.9. The second-order valence-corrected chi connectivity index (χ2v) is 11.9. The molecule has 196 valence electrons. The monoisotopic (exact) mass is 606 g/mol. The Balaban J connectivity index is 1.30. The van der Waals surface area contributed by atoms with Crippen LogP contribution in [0.5, 0.6) is 11.5 Å². The van der Waals surface area contributed by atoms with Crippen molar-refractivity contribution in [3.8, 4) is 11.5 Å². The van der Waals surface area contributed by atoms with Crippen molar-refractivity contribution < 1.29 is 19.1 Å². The zero-order chi connectivity index (χ0) is 25.9. The van der Waals surface area contributed by atoms with Crippen LogP contribution in [0.2, 0.25) is 0 Å². The van der Waals surface area contributed by atoms with E-state index in [-0.39, 0.29) is 16.8 Å². The maximum Gasteiger partial charge on any atom is 0.233 e. The third-order valence-electron chi connectivity index (χ3n) is 6.45. The number of carbonyl (C=O) groups excluding carboxylic acids is 2. The molecule has 0 spiro atoms. The number of imidazole rings is 1. The van der Waals surface area contributed by atoms with Crippen LogP contribution >= 0.6 is 39.5 Å². The topological polar surface area (TPSA) is 125 Å².